The fraction of sp³-hybridized carbons (Fsp3) is 0.129. The maximum absolute atomic E-state index is 14.4. The van der Waals surface area contributed by atoms with E-state index in [0.29, 0.717) is 15.1 Å². The molecule has 0 N–H and O–H groups in total. The van der Waals surface area contributed by atoms with Crippen molar-refractivity contribution in [1.82, 2.24) is 19.8 Å². The smallest absolute Gasteiger partial charge is 0.377 e. The number of benzene rings is 4. The van der Waals surface area contributed by atoms with Gasteiger partial charge in [-0.2, -0.15) is 4.68 Å². The SMILES string of the molecule is CC(C)N(C(=O)n1nnn(-c2c(F)cccc2F)c1=O)c1ccc(C(=O)OCc2ccccc2)cc1Oc1ccccc1. The predicted molar refractivity (Wildman–Crippen MR) is 152 cm³/mol. The van der Waals surface area contributed by atoms with Gasteiger partial charge in [-0.25, -0.2) is 23.2 Å². The zero-order valence-corrected chi connectivity index (χ0v) is 23.1. The molecule has 5 aromatic rings. The molecule has 0 aliphatic rings. The van der Waals surface area contributed by atoms with E-state index in [9.17, 15) is 23.2 Å². The largest absolute Gasteiger partial charge is 0.457 e. The first-order valence-corrected chi connectivity index (χ1v) is 13.2. The van der Waals surface area contributed by atoms with Gasteiger partial charge in [0.15, 0.2) is 17.4 Å². The van der Waals surface area contributed by atoms with Gasteiger partial charge in [-0.05, 0) is 72.3 Å². The van der Waals surface area contributed by atoms with Crippen LogP contribution in [-0.4, -0.2) is 37.8 Å². The van der Waals surface area contributed by atoms with E-state index in [2.05, 4.69) is 10.4 Å². The Morgan fingerprint density at radius 2 is 1.51 bits per heavy atom. The number of hydrogen-bond acceptors (Lipinski definition) is 7. The Balaban J connectivity index is 1.52. The van der Waals surface area contributed by atoms with Gasteiger partial charge in [-0.3, -0.25) is 4.90 Å². The summed E-state index contributed by atoms with van der Waals surface area (Å²) < 4.78 is 41.0. The van der Waals surface area contributed by atoms with Crippen LogP contribution in [0.5, 0.6) is 11.5 Å². The van der Waals surface area contributed by atoms with Crippen molar-refractivity contribution in [3.05, 3.63) is 130 Å². The highest BCUT2D eigenvalue weighted by Gasteiger charge is 2.29. The molecule has 0 bridgehead atoms. The minimum absolute atomic E-state index is 0.0497. The van der Waals surface area contributed by atoms with Crippen LogP contribution >= 0.6 is 0 Å². The standard InChI is InChI=1S/C31H25F2N5O5/c1-20(2)36(30(40)38-31(41)37(34-35-38)28-24(32)14-9-15-25(28)33)26-17-16-22(18-27(26)43-23-12-7-4-8-13-23)29(39)42-19-21-10-5-3-6-11-21/h3-18,20H,19H2,1-2H3. The molecule has 0 atom stereocenters. The predicted octanol–water partition coefficient (Wildman–Crippen LogP) is 5.74. The molecule has 4 aromatic carbocycles. The Bertz CT molecular complexity index is 1800. The molecule has 0 aliphatic heterocycles. The van der Waals surface area contributed by atoms with Crippen LogP contribution in [-0.2, 0) is 11.3 Å². The van der Waals surface area contributed by atoms with Crippen molar-refractivity contribution in [2.24, 2.45) is 0 Å². The minimum Gasteiger partial charge on any atom is -0.457 e. The van der Waals surface area contributed by atoms with Crippen LogP contribution in [0.1, 0.15) is 29.8 Å². The molecular formula is C31H25F2N5O5. The summed E-state index contributed by atoms with van der Waals surface area (Å²) in [6.07, 6.45) is 0. The lowest BCUT2D eigenvalue weighted by Gasteiger charge is -2.27. The number of nitrogens with zero attached hydrogens (tertiary/aromatic N) is 5. The van der Waals surface area contributed by atoms with E-state index in [1.54, 1.807) is 44.2 Å². The summed E-state index contributed by atoms with van der Waals surface area (Å²) in [6.45, 7) is 3.41. The summed E-state index contributed by atoms with van der Waals surface area (Å²) in [4.78, 5) is 41.0. The molecule has 12 heteroatoms. The topological polar surface area (TPSA) is 109 Å². The van der Waals surface area contributed by atoms with Crippen LogP contribution in [0.4, 0.5) is 19.3 Å². The number of halogens is 2. The molecule has 0 unspecified atom stereocenters. The van der Waals surface area contributed by atoms with Gasteiger partial charge in [0, 0.05) is 6.04 Å². The molecule has 10 nitrogen and oxygen atoms in total. The number of hydrogen-bond donors (Lipinski definition) is 0. The Kier molecular flexibility index (Phi) is 8.37. The van der Waals surface area contributed by atoms with Gasteiger partial charge in [0.05, 0.1) is 11.3 Å². The van der Waals surface area contributed by atoms with E-state index < -0.39 is 41.1 Å². The zero-order valence-electron chi connectivity index (χ0n) is 23.1. The molecule has 0 fully saturated rings. The number of carbonyl (C=O) groups is 2. The van der Waals surface area contributed by atoms with E-state index in [1.165, 1.54) is 23.1 Å². The zero-order chi connectivity index (χ0) is 30.5. The average Bonchev–Trinajstić information content (AvgIpc) is 3.38. The van der Waals surface area contributed by atoms with Gasteiger partial charge < -0.3 is 9.47 Å². The average molecular weight is 586 g/mol. The number of aromatic nitrogens is 4. The number of amides is 1. The lowest BCUT2D eigenvalue weighted by molar-refractivity contribution is 0.0472. The van der Waals surface area contributed by atoms with Crippen LogP contribution in [0.15, 0.2) is 102 Å². The number of tetrazole rings is 1. The molecule has 43 heavy (non-hydrogen) atoms. The van der Waals surface area contributed by atoms with Gasteiger partial charge in [0.1, 0.15) is 18.0 Å². The fourth-order valence-electron chi connectivity index (χ4n) is 4.25. The molecule has 0 saturated heterocycles. The second kappa shape index (κ2) is 12.5. The quantitative estimate of drug-likeness (QED) is 0.169. The molecular weight excluding hydrogens is 560 g/mol. The normalized spacial score (nSPS) is 10.9. The molecule has 0 radical (unpaired) electrons. The van der Waals surface area contributed by atoms with Crippen molar-refractivity contribution in [1.29, 1.82) is 0 Å². The van der Waals surface area contributed by atoms with Gasteiger partial charge >= 0.3 is 17.7 Å². The van der Waals surface area contributed by atoms with Gasteiger partial charge in [0.25, 0.3) is 0 Å². The highest BCUT2D eigenvalue weighted by molar-refractivity contribution is 5.97. The molecule has 1 heterocycles. The van der Waals surface area contributed by atoms with Gasteiger partial charge in [-0.15, -0.1) is 4.68 Å². The monoisotopic (exact) mass is 585 g/mol. The molecule has 0 aliphatic carbocycles. The third-order valence-corrected chi connectivity index (χ3v) is 6.27. The van der Waals surface area contributed by atoms with Crippen molar-refractivity contribution >= 4 is 17.7 Å². The Labute approximate surface area is 244 Å². The Morgan fingerprint density at radius 1 is 0.860 bits per heavy atom. The number of rotatable bonds is 8. The van der Waals surface area contributed by atoms with Crippen molar-refractivity contribution < 1.29 is 27.8 Å². The van der Waals surface area contributed by atoms with Crippen LogP contribution in [0.3, 0.4) is 0 Å². The van der Waals surface area contributed by atoms with Crippen molar-refractivity contribution in [3.8, 4) is 17.2 Å². The summed E-state index contributed by atoms with van der Waals surface area (Å²) in [7, 11) is 0. The number of ether oxygens (including phenoxy) is 2. The van der Waals surface area contributed by atoms with Crippen LogP contribution in [0, 0.1) is 11.6 Å². The summed E-state index contributed by atoms with van der Waals surface area (Å²) in [6, 6.07) is 23.7. The van der Waals surface area contributed by atoms with Crippen molar-refractivity contribution in [3.63, 3.8) is 0 Å². The first-order chi connectivity index (χ1) is 20.7. The Morgan fingerprint density at radius 3 is 2.16 bits per heavy atom. The summed E-state index contributed by atoms with van der Waals surface area (Å²) >= 11 is 0. The van der Waals surface area contributed by atoms with Crippen LogP contribution < -0.4 is 15.3 Å². The van der Waals surface area contributed by atoms with Crippen molar-refractivity contribution in [2.45, 2.75) is 26.5 Å². The van der Waals surface area contributed by atoms with Crippen LogP contribution in [0.2, 0.25) is 0 Å². The fourth-order valence-corrected chi connectivity index (χ4v) is 4.25. The second-order valence-corrected chi connectivity index (χ2v) is 9.56. The van der Waals surface area contributed by atoms with E-state index >= 15 is 0 Å². The molecule has 0 spiro atoms. The lowest BCUT2D eigenvalue weighted by atomic mass is 10.1. The van der Waals surface area contributed by atoms with E-state index in [0.717, 1.165) is 23.8 Å². The van der Waals surface area contributed by atoms with Gasteiger partial charge in [0.2, 0.25) is 0 Å². The van der Waals surface area contributed by atoms with Gasteiger partial charge in [-0.1, -0.05) is 54.6 Å². The third-order valence-electron chi connectivity index (χ3n) is 6.27. The lowest BCUT2D eigenvalue weighted by Crippen LogP contribution is -2.45. The summed E-state index contributed by atoms with van der Waals surface area (Å²) in [5, 5.41) is 7.13. The minimum atomic E-state index is -1.19. The molecule has 1 amide bonds. The first-order valence-electron chi connectivity index (χ1n) is 13.2. The van der Waals surface area contributed by atoms with Crippen LogP contribution in [0.25, 0.3) is 5.69 Å². The molecule has 0 saturated carbocycles. The van der Waals surface area contributed by atoms with Crippen molar-refractivity contribution in [2.75, 3.05) is 4.90 Å². The third kappa shape index (κ3) is 6.17. The molecule has 5 rings (SSSR count). The number of para-hydroxylation sites is 2. The highest BCUT2D eigenvalue weighted by Crippen LogP contribution is 2.35. The number of anilines is 1. The maximum Gasteiger partial charge on any atom is 0.377 e. The molecule has 218 valence electrons. The first kappa shape index (κ1) is 28.9. The number of esters is 1. The summed E-state index contributed by atoms with van der Waals surface area (Å²) in [5.41, 5.74) is -0.819. The molecule has 1 aromatic heterocycles. The van der Waals surface area contributed by atoms with E-state index in [4.69, 9.17) is 9.47 Å². The number of carbonyl (C=O) groups excluding carboxylic acids is 2. The summed E-state index contributed by atoms with van der Waals surface area (Å²) in [5.74, 6) is -2.23. The maximum atomic E-state index is 14.4. The Hall–Kier alpha value is -5.65. The van der Waals surface area contributed by atoms with E-state index in [1.807, 2.05) is 30.3 Å². The second-order valence-electron chi connectivity index (χ2n) is 9.56. The highest BCUT2D eigenvalue weighted by atomic mass is 19.1. The van der Waals surface area contributed by atoms with E-state index in [-0.39, 0.29) is 23.6 Å².